The number of carbonyl (C=O) groups excluding carboxylic acids is 2. The molecule has 0 heterocycles. The highest BCUT2D eigenvalue weighted by Gasteiger charge is 2.08. The van der Waals surface area contributed by atoms with Crippen LogP contribution in [0.3, 0.4) is 0 Å². The summed E-state index contributed by atoms with van der Waals surface area (Å²) in [4.78, 5) is 21.4. The van der Waals surface area contributed by atoms with E-state index in [1.807, 2.05) is 5.32 Å². The molecule has 0 aliphatic rings. The van der Waals surface area contributed by atoms with Crippen LogP contribution in [0, 0.1) is 0 Å². The van der Waals surface area contributed by atoms with Crippen molar-refractivity contribution in [2.75, 3.05) is 0 Å². The third-order valence-electron chi connectivity index (χ3n) is 3.03. The summed E-state index contributed by atoms with van der Waals surface area (Å²) < 4.78 is 0. The maximum absolute atomic E-state index is 11.2. The van der Waals surface area contributed by atoms with Gasteiger partial charge in [0.1, 0.15) is 0 Å². The largest absolute Gasteiger partial charge is 0.545 e. The number of carbonyl (C=O) groups is 2. The second kappa shape index (κ2) is 12.0. The average Bonchev–Trinajstić information content (AvgIpc) is 2.36. The van der Waals surface area contributed by atoms with E-state index in [9.17, 15) is 14.7 Å². The van der Waals surface area contributed by atoms with E-state index in [0.717, 1.165) is 19.3 Å². The molecule has 0 rings (SSSR count). The van der Waals surface area contributed by atoms with E-state index < -0.39 is 18.1 Å². The molecule has 0 saturated heterocycles. The first-order chi connectivity index (χ1) is 9.07. The van der Waals surface area contributed by atoms with Crippen LogP contribution in [-0.2, 0) is 9.59 Å². The Morgan fingerprint density at radius 3 is 1.95 bits per heavy atom. The zero-order valence-electron chi connectivity index (χ0n) is 11.8. The lowest BCUT2D eigenvalue weighted by Crippen LogP contribution is -2.47. The molecule has 0 aromatic rings. The van der Waals surface area contributed by atoms with Crippen LogP contribution in [0.4, 0.5) is 0 Å². The predicted molar refractivity (Wildman–Crippen MR) is 71.0 cm³/mol. The predicted octanol–water partition coefficient (Wildman–Crippen LogP) is 1.09. The van der Waals surface area contributed by atoms with Crippen LogP contribution < -0.4 is 10.4 Å². The van der Waals surface area contributed by atoms with E-state index in [2.05, 4.69) is 6.92 Å². The number of aliphatic hydroxyl groups is 1. The highest BCUT2D eigenvalue weighted by molar-refractivity contribution is 5.81. The molecule has 1 amide bonds. The smallest absolute Gasteiger partial charge is 0.222 e. The van der Waals surface area contributed by atoms with Gasteiger partial charge in [0.05, 0.1) is 5.97 Å². The number of aliphatic carboxylic acids is 1. The minimum absolute atomic E-state index is 0.250. The van der Waals surface area contributed by atoms with Gasteiger partial charge in [-0.3, -0.25) is 4.79 Å². The number of amides is 1. The van der Waals surface area contributed by atoms with Gasteiger partial charge in [-0.1, -0.05) is 58.3 Å². The Kier molecular flexibility index (Phi) is 11.3. The number of hydrogen-bond acceptors (Lipinski definition) is 4. The van der Waals surface area contributed by atoms with Gasteiger partial charge in [0, 0.05) is 6.42 Å². The van der Waals surface area contributed by atoms with E-state index >= 15 is 0 Å². The van der Waals surface area contributed by atoms with Crippen LogP contribution in [-0.4, -0.2) is 23.2 Å². The van der Waals surface area contributed by atoms with Crippen molar-refractivity contribution in [2.45, 2.75) is 77.4 Å². The highest BCUT2D eigenvalue weighted by Crippen LogP contribution is 2.10. The van der Waals surface area contributed by atoms with Gasteiger partial charge in [0.2, 0.25) is 5.91 Å². The number of nitrogens with one attached hydrogen (secondary N) is 1. The van der Waals surface area contributed by atoms with E-state index in [4.69, 9.17) is 5.11 Å². The summed E-state index contributed by atoms with van der Waals surface area (Å²) in [6, 6.07) is 0. The average molecular weight is 272 g/mol. The Labute approximate surface area is 115 Å². The van der Waals surface area contributed by atoms with Gasteiger partial charge in [-0.2, -0.15) is 0 Å². The number of aliphatic hydroxyl groups excluding tert-OH is 1. The summed E-state index contributed by atoms with van der Waals surface area (Å²) in [5.41, 5.74) is 0. The molecule has 0 radical (unpaired) electrons. The molecule has 1 atom stereocenters. The molecule has 0 spiro atoms. The van der Waals surface area contributed by atoms with E-state index in [0.29, 0.717) is 0 Å². The van der Waals surface area contributed by atoms with Gasteiger partial charge in [-0.25, -0.2) is 0 Å². The molecule has 0 fully saturated rings. The van der Waals surface area contributed by atoms with Gasteiger partial charge in [0.15, 0.2) is 6.23 Å². The minimum atomic E-state index is -1.90. The van der Waals surface area contributed by atoms with Crippen LogP contribution >= 0.6 is 0 Å². The van der Waals surface area contributed by atoms with Crippen LogP contribution in [0.25, 0.3) is 0 Å². The van der Waals surface area contributed by atoms with Crippen LogP contribution in [0.15, 0.2) is 0 Å². The lowest BCUT2D eigenvalue weighted by Gasteiger charge is -2.13. The van der Waals surface area contributed by atoms with Crippen molar-refractivity contribution in [1.29, 1.82) is 0 Å². The zero-order valence-corrected chi connectivity index (χ0v) is 11.8. The molecule has 112 valence electrons. The van der Waals surface area contributed by atoms with Gasteiger partial charge < -0.3 is 20.3 Å². The Morgan fingerprint density at radius 2 is 1.47 bits per heavy atom. The second-order valence-corrected chi connectivity index (χ2v) is 4.87. The molecule has 5 nitrogen and oxygen atoms in total. The SMILES string of the molecule is CCCCCCCCCCCC(=O)N[C@@H](O)C(=O)[O-]. The second-order valence-electron chi connectivity index (χ2n) is 4.87. The summed E-state index contributed by atoms with van der Waals surface area (Å²) >= 11 is 0. The van der Waals surface area contributed by atoms with Crippen molar-refractivity contribution in [2.24, 2.45) is 0 Å². The molecular weight excluding hydrogens is 246 g/mol. The number of carboxylic acids is 1. The monoisotopic (exact) mass is 272 g/mol. The third-order valence-corrected chi connectivity index (χ3v) is 3.03. The van der Waals surface area contributed by atoms with E-state index in [-0.39, 0.29) is 6.42 Å². The van der Waals surface area contributed by atoms with Crippen molar-refractivity contribution >= 4 is 11.9 Å². The molecule has 0 aliphatic carbocycles. The Morgan fingerprint density at radius 1 is 1.00 bits per heavy atom. The van der Waals surface area contributed by atoms with Gasteiger partial charge in [-0.15, -0.1) is 0 Å². The molecular formula is C14H26NO4-. The number of hydrogen-bond donors (Lipinski definition) is 2. The lowest BCUT2D eigenvalue weighted by atomic mass is 10.1. The molecule has 5 heteroatoms. The molecule has 0 aromatic carbocycles. The van der Waals surface area contributed by atoms with Gasteiger partial charge >= 0.3 is 0 Å². The molecule has 0 aromatic heterocycles. The standard InChI is InChI=1S/C14H27NO4/c1-2-3-4-5-6-7-8-9-10-11-12(16)15-13(17)14(18)19/h13,17H,2-11H2,1H3,(H,15,16)(H,18,19)/p-1/t13-/m0/s1. The minimum Gasteiger partial charge on any atom is -0.545 e. The first kappa shape index (κ1) is 17.9. The van der Waals surface area contributed by atoms with Crippen molar-refractivity contribution in [1.82, 2.24) is 5.32 Å². The van der Waals surface area contributed by atoms with E-state index in [1.165, 1.54) is 38.5 Å². The fourth-order valence-corrected chi connectivity index (χ4v) is 1.88. The Balaban J connectivity index is 3.30. The van der Waals surface area contributed by atoms with Gasteiger partial charge in [-0.05, 0) is 6.42 Å². The van der Waals surface area contributed by atoms with Gasteiger partial charge in [0.25, 0.3) is 0 Å². The van der Waals surface area contributed by atoms with E-state index in [1.54, 1.807) is 0 Å². The molecule has 0 unspecified atom stereocenters. The third kappa shape index (κ3) is 11.7. The first-order valence-corrected chi connectivity index (χ1v) is 7.26. The molecule has 2 N–H and O–H groups in total. The summed E-state index contributed by atoms with van der Waals surface area (Å²) in [6.45, 7) is 2.20. The first-order valence-electron chi connectivity index (χ1n) is 7.26. The molecule has 19 heavy (non-hydrogen) atoms. The highest BCUT2D eigenvalue weighted by atomic mass is 16.4. The normalized spacial score (nSPS) is 12.1. The maximum atomic E-state index is 11.2. The van der Waals surface area contributed by atoms with Crippen LogP contribution in [0.5, 0.6) is 0 Å². The lowest BCUT2D eigenvalue weighted by molar-refractivity contribution is -0.316. The number of rotatable bonds is 12. The number of unbranched alkanes of at least 4 members (excludes halogenated alkanes) is 8. The summed E-state index contributed by atoms with van der Waals surface area (Å²) in [5.74, 6) is -2.12. The number of carboxylic acid groups (broad SMARTS) is 1. The fourth-order valence-electron chi connectivity index (χ4n) is 1.88. The molecule has 0 saturated carbocycles. The van der Waals surface area contributed by atoms with Crippen molar-refractivity contribution in [3.8, 4) is 0 Å². The Bertz CT molecular complexity index is 256. The topological polar surface area (TPSA) is 89.5 Å². The van der Waals surface area contributed by atoms with Crippen LogP contribution in [0.1, 0.15) is 71.1 Å². The maximum Gasteiger partial charge on any atom is 0.222 e. The fraction of sp³-hybridized carbons (Fsp3) is 0.857. The quantitative estimate of drug-likeness (QED) is 0.411. The summed E-state index contributed by atoms with van der Waals surface area (Å²) in [5, 5.41) is 21.0. The molecule has 0 bridgehead atoms. The van der Waals surface area contributed by atoms with Crippen LogP contribution in [0.2, 0.25) is 0 Å². The van der Waals surface area contributed by atoms with Crippen molar-refractivity contribution < 1.29 is 19.8 Å². The zero-order chi connectivity index (χ0) is 14.5. The Hall–Kier alpha value is -1.10. The summed E-state index contributed by atoms with van der Waals surface area (Å²) in [6.07, 6.45) is 8.72. The summed E-state index contributed by atoms with van der Waals surface area (Å²) in [7, 11) is 0. The van der Waals surface area contributed by atoms with Crippen molar-refractivity contribution in [3.05, 3.63) is 0 Å². The molecule has 0 aliphatic heterocycles. The van der Waals surface area contributed by atoms with Crippen molar-refractivity contribution in [3.63, 3.8) is 0 Å².